The average molecular weight is 436 g/mol. The summed E-state index contributed by atoms with van der Waals surface area (Å²) in [6.07, 6.45) is 2.23. The third kappa shape index (κ3) is 4.13. The summed E-state index contributed by atoms with van der Waals surface area (Å²) in [5, 5.41) is 2.75. The Labute approximate surface area is 178 Å². The lowest BCUT2D eigenvalue weighted by Gasteiger charge is -2.06. The predicted molar refractivity (Wildman–Crippen MR) is 116 cm³/mol. The third-order valence-electron chi connectivity index (χ3n) is 4.81. The standard InChI is InChI=1S/C22H20N4O4S/c27-21(24-15-13-17-8-6-7-14-23-17)16-25-19-11-4-5-12-20(19)26(22(25)28)31(29,30)18-9-2-1-3-10-18/h1-12,14H,13,15-16H2,(H,24,27). The van der Waals surface area contributed by atoms with Gasteiger partial charge < -0.3 is 5.32 Å². The highest BCUT2D eigenvalue weighted by Crippen LogP contribution is 2.19. The molecule has 0 aliphatic carbocycles. The summed E-state index contributed by atoms with van der Waals surface area (Å²) in [7, 11) is -4.12. The fraction of sp³-hybridized carbons (Fsp3) is 0.136. The molecule has 2 aromatic heterocycles. The number of hydrogen-bond donors (Lipinski definition) is 1. The number of benzene rings is 2. The van der Waals surface area contributed by atoms with Crippen molar-refractivity contribution in [2.24, 2.45) is 0 Å². The van der Waals surface area contributed by atoms with E-state index in [2.05, 4.69) is 10.3 Å². The molecule has 0 bridgehead atoms. The highest BCUT2D eigenvalue weighted by Gasteiger charge is 2.25. The number of hydrogen-bond acceptors (Lipinski definition) is 5. The van der Waals surface area contributed by atoms with Crippen LogP contribution in [0.4, 0.5) is 0 Å². The smallest absolute Gasteiger partial charge is 0.343 e. The summed E-state index contributed by atoms with van der Waals surface area (Å²) < 4.78 is 28.2. The van der Waals surface area contributed by atoms with Gasteiger partial charge in [0.15, 0.2) is 0 Å². The van der Waals surface area contributed by atoms with E-state index in [1.165, 1.54) is 16.7 Å². The van der Waals surface area contributed by atoms with Gasteiger partial charge in [-0.25, -0.2) is 13.2 Å². The van der Waals surface area contributed by atoms with E-state index in [4.69, 9.17) is 0 Å². The molecule has 0 aliphatic rings. The lowest BCUT2D eigenvalue weighted by molar-refractivity contribution is -0.121. The van der Waals surface area contributed by atoms with Crippen LogP contribution in [0.25, 0.3) is 11.0 Å². The van der Waals surface area contributed by atoms with Crippen LogP contribution in [0.3, 0.4) is 0 Å². The highest BCUT2D eigenvalue weighted by atomic mass is 32.2. The molecule has 1 amide bonds. The maximum atomic E-state index is 13.1. The number of fused-ring (bicyclic) bond motifs is 1. The molecule has 0 aliphatic heterocycles. The first-order chi connectivity index (χ1) is 15.0. The summed E-state index contributed by atoms with van der Waals surface area (Å²) in [6, 6.07) is 19.8. The van der Waals surface area contributed by atoms with Crippen LogP contribution >= 0.6 is 0 Å². The molecule has 0 saturated heterocycles. The van der Waals surface area contributed by atoms with Gasteiger partial charge in [-0.15, -0.1) is 0 Å². The Bertz CT molecular complexity index is 1380. The number of nitrogens with one attached hydrogen (secondary N) is 1. The number of pyridine rings is 1. The number of aromatic nitrogens is 3. The minimum Gasteiger partial charge on any atom is -0.354 e. The van der Waals surface area contributed by atoms with Crippen molar-refractivity contribution in [2.75, 3.05) is 6.54 Å². The molecule has 2 heterocycles. The van der Waals surface area contributed by atoms with Crippen molar-refractivity contribution in [3.05, 3.63) is 95.2 Å². The van der Waals surface area contributed by atoms with E-state index in [0.29, 0.717) is 18.5 Å². The Kier molecular flexibility index (Phi) is 5.68. The topological polar surface area (TPSA) is 103 Å². The summed E-state index contributed by atoms with van der Waals surface area (Å²) in [6.45, 7) is 0.0599. The maximum Gasteiger partial charge on any atom is 0.343 e. The van der Waals surface area contributed by atoms with Gasteiger partial charge in [0.1, 0.15) is 6.54 Å². The van der Waals surface area contributed by atoms with Gasteiger partial charge in [0, 0.05) is 24.9 Å². The molecule has 0 fully saturated rings. The van der Waals surface area contributed by atoms with Crippen LogP contribution in [0.2, 0.25) is 0 Å². The molecule has 4 rings (SSSR count). The quantitative estimate of drug-likeness (QED) is 0.476. The van der Waals surface area contributed by atoms with Gasteiger partial charge in [-0.05, 0) is 36.4 Å². The average Bonchev–Trinajstić information content (AvgIpc) is 3.07. The van der Waals surface area contributed by atoms with Gasteiger partial charge in [-0.2, -0.15) is 3.97 Å². The monoisotopic (exact) mass is 436 g/mol. The molecule has 0 radical (unpaired) electrons. The summed E-state index contributed by atoms with van der Waals surface area (Å²) >= 11 is 0. The number of carbonyl (C=O) groups excluding carboxylic acids is 1. The normalized spacial score (nSPS) is 11.5. The zero-order valence-corrected chi connectivity index (χ0v) is 17.3. The number of para-hydroxylation sites is 2. The zero-order chi connectivity index (χ0) is 21.8. The third-order valence-corrected chi connectivity index (χ3v) is 6.51. The number of nitrogens with zero attached hydrogens (tertiary/aromatic N) is 3. The fourth-order valence-corrected chi connectivity index (χ4v) is 4.77. The predicted octanol–water partition coefficient (Wildman–Crippen LogP) is 1.79. The maximum absolute atomic E-state index is 13.1. The highest BCUT2D eigenvalue weighted by molar-refractivity contribution is 7.90. The Morgan fingerprint density at radius 3 is 2.29 bits per heavy atom. The first kappa shape index (κ1) is 20.5. The Hall–Kier alpha value is -3.72. The summed E-state index contributed by atoms with van der Waals surface area (Å²) in [5.74, 6) is -0.391. The molecule has 4 aromatic rings. The Balaban J connectivity index is 1.63. The molecule has 0 unspecified atom stereocenters. The van der Waals surface area contributed by atoms with E-state index < -0.39 is 21.6 Å². The van der Waals surface area contributed by atoms with Crippen molar-refractivity contribution in [3.63, 3.8) is 0 Å². The van der Waals surface area contributed by atoms with Gasteiger partial charge in [-0.3, -0.25) is 14.3 Å². The molecule has 0 atom stereocenters. The molecule has 8 nitrogen and oxygen atoms in total. The van der Waals surface area contributed by atoms with Crippen molar-refractivity contribution in [2.45, 2.75) is 17.9 Å². The number of rotatable bonds is 7. The second kappa shape index (κ2) is 8.57. The fourth-order valence-electron chi connectivity index (χ4n) is 3.34. The van der Waals surface area contributed by atoms with Gasteiger partial charge >= 0.3 is 5.69 Å². The number of imidazole rings is 1. The summed E-state index contributed by atoms with van der Waals surface area (Å²) in [5.41, 5.74) is 0.639. The first-order valence-corrected chi connectivity index (χ1v) is 11.1. The zero-order valence-electron chi connectivity index (χ0n) is 16.5. The van der Waals surface area contributed by atoms with E-state index in [1.807, 2.05) is 18.2 Å². The van der Waals surface area contributed by atoms with E-state index in [0.717, 1.165) is 9.67 Å². The van der Waals surface area contributed by atoms with Crippen LogP contribution in [0.5, 0.6) is 0 Å². The molecular formula is C22H20N4O4S. The van der Waals surface area contributed by atoms with Gasteiger partial charge in [-0.1, -0.05) is 36.4 Å². The van der Waals surface area contributed by atoms with Crippen LogP contribution in [0.1, 0.15) is 5.69 Å². The minimum atomic E-state index is -4.12. The molecule has 1 N–H and O–H groups in total. The van der Waals surface area contributed by atoms with Crippen molar-refractivity contribution in [3.8, 4) is 0 Å². The van der Waals surface area contributed by atoms with E-state index in [1.54, 1.807) is 48.7 Å². The molecule has 0 saturated carbocycles. The molecule has 9 heteroatoms. The largest absolute Gasteiger partial charge is 0.354 e. The first-order valence-electron chi connectivity index (χ1n) is 9.66. The Morgan fingerprint density at radius 2 is 1.58 bits per heavy atom. The van der Waals surface area contributed by atoms with Crippen LogP contribution in [0, 0.1) is 0 Å². The van der Waals surface area contributed by atoms with Crippen LogP contribution in [-0.4, -0.2) is 34.4 Å². The lowest BCUT2D eigenvalue weighted by atomic mass is 10.3. The van der Waals surface area contributed by atoms with E-state index in [9.17, 15) is 18.0 Å². The van der Waals surface area contributed by atoms with Gasteiger partial charge in [0.25, 0.3) is 10.0 Å². The van der Waals surface area contributed by atoms with E-state index in [-0.39, 0.29) is 17.0 Å². The number of carbonyl (C=O) groups is 1. The second-order valence-corrected chi connectivity index (χ2v) is 8.65. The van der Waals surface area contributed by atoms with Crippen molar-refractivity contribution < 1.29 is 13.2 Å². The molecule has 31 heavy (non-hydrogen) atoms. The SMILES string of the molecule is O=C(Cn1c(=O)n(S(=O)(=O)c2ccccc2)c2ccccc21)NCCc1ccccn1. The summed E-state index contributed by atoms with van der Waals surface area (Å²) in [4.78, 5) is 29.8. The minimum absolute atomic E-state index is 0.000171. The molecule has 2 aromatic carbocycles. The van der Waals surface area contributed by atoms with Gasteiger partial charge in [0.2, 0.25) is 5.91 Å². The van der Waals surface area contributed by atoms with E-state index >= 15 is 0 Å². The molecule has 0 spiro atoms. The number of amides is 1. The van der Waals surface area contributed by atoms with Crippen LogP contribution < -0.4 is 11.0 Å². The van der Waals surface area contributed by atoms with Gasteiger partial charge in [0.05, 0.1) is 15.9 Å². The Morgan fingerprint density at radius 1 is 0.903 bits per heavy atom. The van der Waals surface area contributed by atoms with Crippen LogP contribution in [0.15, 0.2) is 88.7 Å². The van der Waals surface area contributed by atoms with Crippen LogP contribution in [-0.2, 0) is 27.8 Å². The van der Waals surface area contributed by atoms with Crippen molar-refractivity contribution in [1.29, 1.82) is 0 Å². The second-order valence-electron chi connectivity index (χ2n) is 6.86. The lowest BCUT2D eigenvalue weighted by Crippen LogP contribution is -2.35. The molecular weight excluding hydrogens is 416 g/mol. The van der Waals surface area contributed by atoms with Crippen molar-refractivity contribution in [1.82, 2.24) is 18.8 Å². The molecule has 158 valence electrons. The van der Waals surface area contributed by atoms with Crippen molar-refractivity contribution >= 4 is 27.0 Å².